The van der Waals surface area contributed by atoms with E-state index in [0.29, 0.717) is 5.56 Å². The molecule has 0 saturated heterocycles. The quantitative estimate of drug-likeness (QED) is 0.782. The Bertz CT molecular complexity index is 415. The zero-order valence-electron chi connectivity index (χ0n) is 7.88. The molecule has 1 rings (SSSR count). The number of ether oxygens (including phenoxy) is 1. The summed E-state index contributed by atoms with van der Waals surface area (Å²) in [6, 6.07) is 5.40. The van der Waals surface area contributed by atoms with E-state index in [4.69, 9.17) is 10.00 Å². The molecule has 0 spiro atoms. The molecular formula is C10H7Br2NO2. The first kappa shape index (κ1) is 12.2. The molecule has 0 heterocycles. The van der Waals surface area contributed by atoms with Gasteiger partial charge in [-0.2, -0.15) is 5.26 Å². The van der Waals surface area contributed by atoms with E-state index in [1.165, 1.54) is 6.92 Å². The molecule has 0 aliphatic carbocycles. The highest BCUT2D eigenvalue weighted by molar-refractivity contribution is 9.11. The fourth-order valence-electron chi connectivity index (χ4n) is 0.979. The van der Waals surface area contributed by atoms with E-state index in [9.17, 15) is 4.79 Å². The normalized spacial score (nSPS) is 9.47. The molecule has 1 aromatic rings. The predicted octanol–water partition coefficient (Wildman–Crippen LogP) is 3.15. The highest BCUT2D eigenvalue weighted by Crippen LogP contribution is 2.27. The zero-order chi connectivity index (χ0) is 11.4. The summed E-state index contributed by atoms with van der Waals surface area (Å²) >= 11 is 6.63. The van der Waals surface area contributed by atoms with Crippen LogP contribution in [0.2, 0.25) is 0 Å². The minimum atomic E-state index is -0.335. The zero-order valence-corrected chi connectivity index (χ0v) is 11.1. The van der Waals surface area contributed by atoms with Crippen molar-refractivity contribution in [3.8, 4) is 6.07 Å². The summed E-state index contributed by atoms with van der Waals surface area (Å²) in [5.74, 6) is -0.335. The van der Waals surface area contributed by atoms with Crippen molar-refractivity contribution >= 4 is 37.8 Å². The molecule has 15 heavy (non-hydrogen) atoms. The standard InChI is InChI=1S/C10H7Br2NO2/c1-6(14)15-5-8-9(11)2-7(4-13)3-10(8)12/h2-3H,5H2,1H3. The summed E-state index contributed by atoms with van der Waals surface area (Å²) in [6.07, 6.45) is 0. The van der Waals surface area contributed by atoms with E-state index >= 15 is 0 Å². The molecular weight excluding hydrogens is 326 g/mol. The van der Waals surface area contributed by atoms with Gasteiger partial charge in [-0.05, 0) is 12.1 Å². The Kier molecular flexibility index (Phi) is 4.30. The fourth-order valence-corrected chi connectivity index (χ4v) is 2.39. The maximum atomic E-state index is 10.7. The number of carbonyl (C=O) groups excluding carboxylic acids is 1. The monoisotopic (exact) mass is 331 g/mol. The maximum absolute atomic E-state index is 10.7. The summed E-state index contributed by atoms with van der Waals surface area (Å²) < 4.78 is 6.37. The molecule has 0 atom stereocenters. The number of nitrogens with zero attached hydrogens (tertiary/aromatic N) is 1. The van der Waals surface area contributed by atoms with Crippen molar-refractivity contribution in [3.05, 3.63) is 32.2 Å². The van der Waals surface area contributed by atoms with Gasteiger partial charge in [0.15, 0.2) is 0 Å². The van der Waals surface area contributed by atoms with Crippen LogP contribution in [0.5, 0.6) is 0 Å². The first-order valence-corrected chi connectivity index (χ1v) is 5.64. The van der Waals surface area contributed by atoms with Crippen LogP contribution < -0.4 is 0 Å². The van der Waals surface area contributed by atoms with E-state index in [0.717, 1.165) is 14.5 Å². The number of carbonyl (C=O) groups is 1. The maximum Gasteiger partial charge on any atom is 0.302 e. The van der Waals surface area contributed by atoms with Crippen molar-refractivity contribution in [1.29, 1.82) is 5.26 Å². The van der Waals surface area contributed by atoms with Gasteiger partial charge in [-0.1, -0.05) is 31.9 Å². The lowest BCUT2D eigenvalue weighted by Gasteiger charge is -2.07. The van der Waals surface area contributed by atoms with Gasteiger partial charge in [-0.25, -0.2) is 0 Å². The van der Waals surface area contributed by atoms with Crippen molar-refractivity contribution in [2.24, 2.45) is 0 Å². The third-order valence-corrected chi connectivity index (χ3v) is 3.10. The van der Waals surface area contributed by atoms with E-state index in [2.05, 4.69) is 31.9 Å². The van der Waals surface area contributed by atoms with E-state index in [1.54, 1.807) is 12.1 Å². The van der Waals surface area contributed by atoms with E-state index in [1.807, 2.05) is 6.07 Å². The second-order valence-electron chi connectivity index (χ2n) is 2.81. The van der Waals surface area contributed by atoms with E-state index < -0.39 is 0 Å². The molecule has 0 amide bonds. The molecule has 0 aromatic heterocycles. The Morgan fingerprint density at radius 2 is 2.00 bits per heavy atom. The largest absolute Gasteiger partial charge is 0.461 e. The van der Waals surface area contributed by atoms with Gasteiger partial charge in [0, 0.05) is 21.4 Å². The van der Waals surface area contributed by atoms with Crippen LogP contribution in [-0.4, -0.2) is 5.97 Å². The SMILES string of the molecule is CC(=O)OCc1c(Br)cc(C#N)cc1Br. The van der Waals surface area contributed by atoms with Crippen LogP contribution in [0.4, 0.5) is 0 Å². The number of hydrogen-bond donors (Lipinski definition) is 0. The van der Waals surface area contributed by atoms with Crippen LogP contribution >= 0.6 is 31.9 Å². The lowest BCUT2D eigenvalue weighted by atomic mass is 10.1. The van der Waals surface area contributed by atoms with Crippen molar-refractivity contribution in [1.82, 2.24) is 0 Å². The highest BCUT2D eigenvalue weighted by Gasteiger charge is 2.08. The molecule has 0 unspecified atom stereocenters. The molecule has 0 saturated carbocycles. The van der Waals surface area contributed by atoms with Crippen LogP contribution in [0.1, 0.15) is 18.1 Å². The van der Waals surface area contributed by atoms with Crippen LogP contribution in [-0.2, 0) is 16.1 Å². The molecule has 5 heteroatoms. The van der Waals surface area contributed by atoms with Gasteiger partial charge in [-0.3, -0.25) is 4.79 Å². The minimum absolute atomic E-state index is 0.183. The number of halogens is 2. The van der Waals surface area contributed by atoms with E-state index in [-0.39, 0.29) is 12.6 Å². The Balaban J connectivity index is 2.99. The van der Waals surface area contributed by atoms with Gasteiger partial charge < -0.3 is 4.74 Å². The molecule has 3 nitrogen and oxygen atoms in total. The van der Waals surface area contributed by atoms with Crippen LogP contribution in [0.25, 0.3) is 0 Å². The number of nitriles is 1. The lowest BCUT2D eigenvalue weighted by Crippen LogP contribution is -2.00. The Labute approximate surface area is 104 Å². The smallest absolute Gasteiger partial charge is 0.302 e. The molecule has 0 radical (unpaired) electrons. The van der Waals surface area contributed by atoms with Gasteiger partial charge in [0.25, 0.3) is 0 Å². The molecule has 0 bridgehead atoms. The second-order valence-corrected chi connectivity index (χ2v) is 4.52. The molecule has 0 N–H and O–H groups in total. The fraction of sp³-hybridized carbons (Fsp3) is 0.200. The number of benzene rings is 1. The average Bonchev–Trinajstić information content (AvgIpc) is 2.15. The predicted molar refractivity (Wildman–Crippen MR) is 62.0 cm³/mol. The van der Waals surface area contributed by atoms with Gasteiger partial charge in [-0.15, -0.1) is 0 Å². The van der Waals surface area contributed by atoms with Gasteiger partial charge in [0.1, 0.15) is 6.61 Å². The van der Waals surface area contributed by atoms with Crippen molar-refractivity contribution in [2.45, 2.75) is 13.5 Å². The number of esters is 1. The Morgan fingerprint density at radius 3 is 2.40 bits per heavy atom. The first-order chi connectivity index (χ1) is 7.04. The third kappa shape index (κ3) is 3.33. The molecule has 0 fully saturated rings. The summed E-state index contributed by atoms with van der Waals surface area (Å²) in [7, 11) is 0. The molecule has 0 aliphatic heterocycles. The number of hydrogen-bond acceptors (Lipinski definition) is 3. The second kappa shape index (κ2) is 5.29. The van der Waals surface area contributed by atoms with Crippen molar-refractivity contribution < 1.29 is 9.53 Å². The molecule has 78 valence electrons. The molecule has 0 aliphatic rings. The summed E-state index contributed by atoms with van der Waals surface area (Å²) in [5, 5.41) is 8.72. The summed E-state index contributed by atoms with van der Waals surface area (Å²) in [4.78, 5) is 10.7. The average molecular weight is 333 g/mol. The Morgan fingerprint density at radius 1 is 1.47 bits per heavy atom. The first-order valence-electron chi connectivity index (χ1n) is 4.06. The third-order valence-electron chi connectivity index (χ3n) is 1.69. The topological polar surface area (TPSA) is 50.1 Å². The number of rotatable bonds is 2. The highest BCUT2D eigenvalue weighted by atomic mass is 79.9. The van der Waals surface area contributed by atoms with Gasteiger partial charge >= 0.3 is 5.97 Å². The van der Waals surface area contributed by atoms with Crippen LogP contribution in [0.15, 0.2) is 21.1 Å². The Hall–Kier alpha value is -0.860. The molecule has 1 aromatic carbocycles. The summed E-state index contributed by atoms with van der Waals surface area (Å²) in [5.41, 5.74) is 1.35. The van der Waals surface area contributed by atoms with Crippen LogP contribution in [0, 0.1) is 11.3 Å². The van der Waals surface area contributed by atoms with Crippen LogP contribution in [0.3, 0.4) is 0 Å². The van der Waals surface area contributed by atoms with Crippen molar-refractivity contribution in [3.63, 3.8) is 0 Å². The minimum Gasteiger partial charge on any atom is -0.461 e. The summed E-state index contributed by atoms with van der Waals surface area (Å²) in [6.45, 7) is 1.54. The van der Waals surface area contributed by atoms with Crippen molar-refractivity contribution in [2.75, 3.05) is 0 Å². The van der Waals surface area contributed by atoms with Gasteiger partial charge in [0.05, 0.1) is 11.6 Å². The lowest BCUT2D eigenvalue weighted by molar-refractivity contribution is -0.142. The van der Waals surface area contributed by atoms with Gasteiger partial charge in [0.2, 0.25) is 0 Å².